The van der Waals surface area contributed by atoms with Gasteiger partial charge in [0, 0.05) is 18.6 Å². The molecule has 2 nitrogen and oxygen atoms in total. The number of nitrogens with one attached hydrogen (secondary N) is 1. The molecular weight excluding hydrogens is 244 g/mol. The predicted molar refractivity (Wildman–Crippen MR) is 85.8 cm³/mol. The Kier molecular flexibility index (Phi) is 5.33. The molecule has 106 valence electrons. The molecule has 2 rings (SSSR count). The van der Waals surface area contributed by atoms with Crippen LogP contribution in [0.25, 0.3) is 0 Å². The van der Waals surface area contributed by atoms with E-state index < -0.39 is 0 Å². The Labute approximate surface area is 122 Å². The monoisotopic (exact) mass is 268 g/mol. The summed E-state index contributed by atoms with van der Waals surface area (Å²) in [6.07, 6.45) is 2.01. The van der Waals surface area contributed by atoms with E-state index in [0.717, 1.165) is 19.4 Å². The maximum Gasteiger partial charge on any atom is 0.0234 e. The molecule has 0 saturated heterocycles. The highest BCUT2D eigenvalue weighted by molar-refractivity contribution is 5.22. The first-order valence-electron chi connectivity index (χ1n) is 7.25. The van der Waals surface area contributed by atoms with Crippen LogP contribution in [0, 0.1) is 0 Å². The van der Waals surface area contributed by atoms with Gasteiger partial charge in [0.1, 0.15) is 0 Å². The standard InChI is InChI=1S/C18H24N2/c1-18(20-13-12-19,14-16-8-4-2-5-9-16)15-17-10-6-3-7-11-17/h2-11,20H,12-15,19H2,1H3. The Bertz CT molecular complexity index is 452. The van der Waals surface area contributed by atoms with E-state index in [1.165, 1.54) is 11.1 Å². The Morgan fingerprint density at radius 3 is 1.70 bits per heavy atom. The molecular formula is C18H24N2. The second-order valence-corrected chi connectivity index (χ2v) is 5.60. The highest BCUT2D eigenvalue weighted by atomic mass is 15.0. The number of benzene rings is 2. The molecule has 20 heavy (non-hydrogen) atoms. The molecule has 0 heterocycles. The van der Waals surface area contributed by atoms with Gasteiger partial charge in [-0.2, -0.15) is 0 Å². The van der Waals surface area contributed by atoms with Crippen LogP contribution in [0.5, 0.6) is 0 Å². The molecule has 0 fully saturated rings. The quantitative estimate of drug-likeness (QED) is 0.810. The van der Waals surface area contributed by atoms with Crippen LogP contribution in [0.2, 0.25) is 0 Å². The second-order valence-electron chi connectivity index (χ2n) is 5.60. The van der Waals surface area contributed by atoms with Crippen molar-refractivity contribution in [1.29, 1.82) is 0 Å². The average molecular weight is 268 g/mol. The summed E-state index contributed by atoms with van der Waals surface area (Å²) in [6, 6.07) is 21.3. The van der Waals surface area contributed by atoms with Crippen LogP contribution in [-0.2, 0) is 12.8 Å². The SMILES string of the molecule is CC(Cc1ccccc1)(Cc1ccccc1)NCCN. The van der Waals surface area contributed by atoms with Crippen molar-refractivity contribution in [2.24, 2.45) is 5.73 Å². The first-order valence-corrected chi connectivity index (χ1v) is 7.25. The molecule has 2 aromatic rings. The molecule has 0 atom stereocenters. The fourth-order valence-corrected chi connectivity index (χ4v) is 2.65. The lowest BCUT2D eigenvalue weighted by Gasteiger charge is -2.31. The third-order valence-electron chi connectivity index (χ3n) is 3.57. The zero-order valence-electron chi connectivity index (χ0n) is 12.2. The van der Waals surface area contributed by atoms with Crippen LogP contribution < -0.4 is 11.1 Å². The van der Waals surface area contributed by atoms with Gasteiger partial charge in [0.05, 0.1) is 0 Å². The van der Waals surface area contributed by atoms with Crippen molar-refractivity contribution in [1.82, 2.24) is 5.32 Å². The van der Waals surface area contributed by atoms with Crippen LogP contribution in [0.1, 0.15) is 18.1 Å². The van der Waals surface area contributed by atoms with Crippen molar-refractivity contribution in [2.75, 3.05) is 13.1 Å². The molecule has 3 N–H and O–H groups in total. The lowest BCUT2D eigenvalue weighted by Crippen LogP contribution is -2.48. The Balaban J connectivity index is 2.12. The van der Waals surface area contributed by atoms with E-state index >= 15 is 0 Å². The van der Waals surface area contributed by atoms with Gasteiger partial charge in [0.2, 0.25) is 0 Å². The molecule has 0 radical (unpaired) electrons. The van der Waals surface area contributed by atoms with Crippen LogP contribution >= 0.6 is 0 Å². The van der Waals surface area contributed by atoms with Gasteiger partial charge in [0.15, 0.2) is 0 Å². The Morgan fingerprint density at radius 1 is 0.850 bits per heavy atom. The number of nitrogens with two attached hydrogens (primary N) is 1. The van der Waals surface area contributed by atoms with Gasteiger partial charge in [-0.25, -0.2) is 0 Å². The maximum atomic E-state index is 5.66. The van der Waals surface area contributed by atoms with Crippen molar-refractivity contribution in [3.8, 4) is 0 Å². The predicted octanol–water partition coefficient (Wildman–Crippen LogP) is 2.78. The van der Waals surface area contributed by atoms with E-state index in [9.17, 15) is 0 Å². The first-order chi connectivity index (χ1) is 9.72. The van der Waals surface area contributed by atoms with Gasteiger partial charge in [-0.15, -0.1) is 0 Å². The summed E-state index contributed by atoms with van der Waals surface area (Å²) in [5.74, 6) is 0. The number of hydrogen-bond acceptors (Lipinski definition) is 2. The zero-order chi connectivity index (χ0) is 14.3. The molecule has 0 aliphatic heterocycles. The van der Waals surface area contributed by atoms with Gasteiger partial charge in [0.25, 0.3) is 0 Å². The molecule has 0 unspecified atom stereocenters. The molecule has 2 heteroatoms. The maximum absolute atomic E-state index is 5.66. The van der Waals surface area contributed by atoms with E-state index in [0.29, 0.717) is 6.54 Å². The van der Waals surface area contributed by atoms with Crippen LogP contribution in [0.15, 0.2) is 60.7 Å². The van der Waals surface area contributed by atoms with Crippen LogP contribution in [0.4, 0.5) is 0 Å². The smallest absolute Gasteiger partial charge is 0.0234 e. The summed E-state index contributed by atoms with van der Waals surface area (Å²) in [7, 11) is 0. The minimum absolute atomic E-state index is 0.0298. The van der Waals surface area contributed by atoms with E-state index in [1.807, 2.05) is 0 Å². The second kappa shape index (κ2) is 7.22. The minimum Gasteiger partial charge on any atom is -0.329 e. The van der Waals surface area contributed by atoms with Crippen molar-refractivity contribution < 1.29 is 0 Å². The van der Waals surface area contributed by atoms with Gasteiger partial charge >= 0.3 is 0 Å². The Morgan fingerprint density at radius 2 is 1.30 bits per heavy atom. The average Bonchev–Trinajstić information content (AvgIpc) is 2.47. The van der Waals surface area contributed by atoms with Crippen molar-refractivity contribution >= 4 is 0 Å². The highest BCUT2D eigenvalue weighted by Gasteiger charge is 2.24. The van der Waals surface area contributed by atoms with Crippen molar-refractivity contribution in [3.05, 3.63) is 71.8 Å². The fraction of sp³-hybridized carbons (Fsp3) is 0.333. The normalized spacial score (nSPS) is 11.5. The number of rotatable bonds is 7. The topological polar surface area (TPSA) is 38.0 Å². The molecule has 0 bridgehead atoms. The Hall–Kier alpha value is -1.64. The first kappa shape index (κ1) is 14.8. The zero-order valence-corrected chi connectivity index (χ0v) is 12.2. The number of hydrogen-bond donors (Lipinski definition) is 2. The van der Waals surface area contributed by atoms with Crippen molar-refractivity contribution in [2.45, 2.75) is 25.3 Å². The summed E-state index contributed by atoms with van der Waals surface area (Å²) >= 11 is 0. The molecule has 0 aliphatic rings. The highest BCUT2D eigenvalue weighted by Crippen LogP contribution is 2.19. The fourth-order valence-electron chi connectivity index (χ4n) is 2.65. The summed E-state index contributed by atoms with van der Waals surface area (Å²) in [5, 5.41) is 3.62. The van der Waals surface area contributed by atoms with Crippen LogP contribution in [0.3, 0.4) is 0 Å². The summed E-state index contributed by atoms with van der Waals surface area (Å²) in [4.78, 5) is 0. The molecule has 2 aromatic carbocycles. The van der Waals surface area contributed by atoms with E-state index in [1.54, 1.807) is 0 Å². The van der Waals surface area contributed by atoms with Crippen molar-refractivity contribution in [3.63, 3.8) is 0 Å². The van der Waals surface area contributed by atoms with E-state index in [4.69, 9.17) is 5.73 Å². The molecule has 0 aromatic heterocycles. The molecule has 0 saturated carbocycles. The van der Waals surface area contributed by atoms with Gasteiger partial charge in [-0.3, -0.25) is 0 Å². The minimum atomic E-state index is 0.0298. The lowest BCUT2D eigenvalue weighted by molar-refractivity contribution is 0.354. The van der Waals surface area contributed by atoms with E-state index in [-0.39, 0.29) is 5.54 Å². The third kappa shape index (κ3) is 4.48. The largest absolute Gasteiger partial charge is 0.329 e. The summed E-state index contributed by atoms with van der Waals surface area (Å²) in [5.41, 5.74) is 8.40. The summed E-state index contributed by atoms with van der Waals surface area (Å²) < 4.78 is 0. The van der Waals surface area contributed by atoms with Gasteiger partial charge < -0.3 is 11.1 Å². The van der Waals surface area contributed by atoms with E-state index in [2.05, 4.69) is 72.9 Å². The lowest BCUT2D eigenvalue weighted by atomic mass is 9.86. The summed E-state index contributed by atoms with van der Waals surface area (Å²) in [6.45, 7) is 3.79. The van der Waals surface area contributed by atoms with Crippen LogP contribution in [-0.4, -0.2) is 18.6 Å². The third-order valence-corrected chi connectivity index (χ3v) is 3.57. The molecule has 0 amide bonds. The van der Waals surface area contributed by atoms with Gasteiger partial charge in [-0.1, -0.05) is 60.7 Å². The van der Waals surface area contributed by atoms with Gasteiger partial charge in [-0.05, 0) is 30.9 Å². The molecule has 0 aliphatic carbocycles. The molecule has 0 spiro atoms.